The van der Waals surface area contributed by atoms with Gasteiger partial charge in [0.15, 0.2) is 0 Å². The van der Waals surface area contributed by atoms with Crippen molar-refractivity contribution in [3.05, 3.63) is 0 Å². The Hall–Kier alpha value is -1.30. The molecule has 0 saturated carbocycles. The van der Waals surface area contributed by atoms with Crippen molar-refractivity contribution in [2.45, 2.75) is 71.4 Å². The van der Waals surface area contributed by atoms with Gasteiger partial charge in [-0.15, -0.1) is 0 Å². The zero-order valence-electron chi connectivity index (χ0n) is 15.2. The van der Waals surface area contributed by atoms with E-state index in [-0.39, 0.29) is 11.8 Å². The zero-order chi connectivity index (χ0) is 17.5. The van der Waals surface area contributed by atoms with Gasteiger partial charge in [-0.3, -0.25) is 4.79 Å². The first-order chi connectivity index (χ1) is 10.7. The predicted octanol–water partition coefficient (Wildman–Crippen LogP) is 2.61. The highest BCUT2D eigenvalue weighted by atomic mass is 16.6. The van der Waals surface area contributed by atoms with Gasteiger partial charge in [-0.2, -0.15) is 0 Å². The summed E-state index contributed by atoms with van der Waals surface area (Å²) in [6.45, 7) is 11.2. The Bertz CT molecular complexity index is 394. The van der Waals surface area contributed by atoms with Crippen molar-refractivity contribution in [3.8, 4) is 0 Å². The van der Waals surface area contributed by atoms with Gasteiger partial charge in [-0.05, 0) is 46.5 Å². The van der Waals surface area contributed by atoms with Gasteiger partial charge in [0.2, 0.25) is 5.91 Å². The lowest BCUT2D eigenvalue weighted by atomic mass is 9.90. The fourth-order valence-corrected chi connectivity index (χ4v) is 2.60. The van der Waals surface area contributed by atoms with Gasteiger partial charge in [0.25, 0.3) is 0 Å². The van der Waals surface area contributed by atoms with E-state index < -0.39 is 17.2 Å². The van der Waals surface area contributed by atoms with Crippen LogP contribution < -0.4 is 10.6 Å². The van der Waals surface area contributed by atoms with Crippen LogP contribution in [0.4, 0.5) is 4.79 Å². The van der Waals surface area contributed by atoms with Crippen molar-refractivity contribution in [2.24, 2.45) is 5.92 Å². The summed E-state index contributed by atoms with van der Waals surface area (Å²) in [5, 5.41) is 5.94. The Labute approximate surface area is 139 Å². The van der Waals surface area contributed by atoms with Gasteiger partial charge in [0.1, 0.15) is 5.60 Å². The summed E-state index contributed by atoms with van der Waals surface area (Å²) in [5.74, 6) is 0.0609. The number of ether oxygens (including phenoxy) is 2. The minimum Gasteiger partial charge on any atom is -0.444 e. The Kier molecular flexibility index (Phi) is 7.32. The molecule has 0 unspecified atom stereocenters. The third kappa shape index (κ3) is 6.77. The molecule has 1 rings (SSSR count). The summed E-state index contributed by atoms with van der Waals surface area (Å²) in [6, 6.07) is 0. The number of alkyl carbamates (subject to hydrolysis) is 1. The second-order valence-corrected chi connectivity index (χ2v) is 7.22. The summed E-state index contributed by atoms with van der Waals surface area (Å²) < 4.78 is 10.6. The maximum Gasteiger partial charge on any atom is 0.407 e. The largest absolute Gasteiger partial charge is 0.444 e. The number of amides is 2. The average Bonchev–Trinajstić information content (AvgIpc) is 2.50. The molecule has 1 saturated heterocycles. The number of carbonyl (C=O) groups excluding carboxylic acids is 2. The highest BCUT2D eigenvalue weighted by Gasteiger charge is 2.32. The Morgan fingerprint density at radius 1 is 1.13 bits per heavy atom. The predicted molar refractivity (Wildman–Crippen MR) is 89.2 cm³/mol. The summed E-state index contributed by atoms with van der Waals surface area (Å²) >= 11 is 0. The zero-order valence-corrected chi connectivity index (χ0v) is 15.2. The molecule has 2 amide bonds. The van der Waals surface area contributed by atoms with Crippen molar-refractivity contribution in [3.63, 3.8) is 0 Å². The molecule has 1 aliphatic rings. The molecule has 6 nitrogen and oxygen atoms in total. The molecule has 0 aromatic heterocycles. The van der Waals surface area contributed by atoms with Crippen LogP contribution in [0.2, 0.25) is 0 Å². The van der Waals surface area contributed by atoms with Gasteiger partial charge >= 0.3 is 6.09 Å². The number of hydrogen-bond donors (Lipinski definition) is 2. The highest BCUT2D eigenvalue weighted by Crippen LogP contribution is 2.20. The van der Waals surface area contributed by atoms with Gasteiger partial charge in [0, 0.05) is 25.7 Å². The second kappa shape index (κ2) is 8.52. The quantitative estimate of drug-likeness (QED) is 0.786. The monoisotopic (exact) mass is 328 g/mol. The Morgan fingerprint density at radius 2 is 1.70 bits per heavy atom. The lowest BCUT2D eigenvalue weighted by molar-refractivity contribution is -0.130. The third-order valence-corrected chi connectivity index (χ3v) is 4.30. The lowest BCUT2D eigenvalue weighted by Crippen LogP contribution is -2.56. The number of hydrogen-bond acceptors (Lipinski definition) is 4. The normalized spacial score (nSPS) is 16.7. The molecular formula is C17H32N2O4. The van der Waals surface area contributed by atoms with E-state index in [1.54, 1.807) is 0 Å². The fraction of sp³-hybridized carbons (Fsp3) is 0.882. The molecule has 0 spiro atoms. The first-order valence-corrected chi connectivity index (χ1v) is 8.58. The highest BCUT2D eigenvalue weighted by molar-refractivity contribution is 5.79. The van der Waals surface area contributed by atoms with Crippen LogP contribution in [-0.4, -0.2) is 42.9 Å². The average molecular weight is 328 g/mol. The lowest BCUT2D eigenvalue weighted by Gasteiger charge is -2.35. The van der Waals surface area contributed by atoms with Crippen molar-refractivity contribution in [2.75, 3.05) is 19.8 Å². The van der Waals surface area contributed by atoms with Crippen LogP contribution in [0.1, 0.15) is 60.3 Å². The van der Waals surface area contributed by atoms with Gasteiger partial charge < -0.3 is 20.1 Å². The van der Waals surface area contributed by atoms with E-state index >= 15 is 0 Å². The number of nitrogens with one attached hydrogen (secondary N) is 2. The van der Waals surface area contributed by atoms with Crippen LogP contribution in [-0.2, 0) is 14.3 Å². The molecule has 1 heterocycles. The van der Waals surface area contributed by atoms with E-state index in [1.165, 1.54) is 0 Å². The molecule has 0 atom stereocenters. The second-order valence-electron chi connectivity index (χ2n) is 7.22. The smallest absolute Gasteiger partial charge is 0.407 e. The van der Waals surface area contributed by atoms with Gasteiger partial charge in [0.05, 0.1) is 5.54 Å². The SMILES string of the molecule is CCC(CC)(CNC(=O)OC(C)(C)C)NC(=O)C1CCOCC1. The molecule has 6 heteroatoms. The van der Waals surface area contributed by atoms with Crippen LogP contribution in [0.25, 0.3) is 0 Å². The molecule has 1 aliphatic heterocycles. The van der Waals surface area contributed by atoms with Crippen molar-refractivity contribution < 1.29 is 19.1 Å². The maximum atomic E-state index is 12.5. The summed E-state index contributed by atoms with van der Waals surface area (Å²) in [7, 11) is 0. The molecular weight excluding hydrogens is 296 g/mol. The molecule has 0 aromatic carbocycles. The molecule has 23 heavy (non-hydrogen) atoms. The molecule has 0 aliphatic carbocycles. The minimum absolute atomic E-state index is 0.00255. The molecule has 0 bridgehead atoms. The van der Waals surface area contributed by atoms with Gasteiger partial charge in [-0.25, -0.2) is 4.79 Å². The maximum absolute atomic E-state index is 12.5. The van der Waals surface area contributed by atoms with Crippen LogP contribution in [0.15, 0.2) is 0 Å². The summed E-state index contributed by atoms with van der Waals surface area (Å²) in [6.07, 6.45) is 2.55. The first kappa shape index (κ1) is 19.7. The van der Waals surface area contributed by atoms with Crippen LogP contribution >= 0.6 is 0 Å². The number of carbonyl (C=O) groups is 2. The van der Waals surface area contributed by atoms with Gasteiger partial charge in [-0.1, -0.05) is 13.8 Å². The van der Waals surface area contributed by atoms with E-state index in [9.17, 15) is 9.59 Å². The van der Waals surface area contributed by atoms with Crippen LogP contribution in [0.5, 0.6) is 0 Å². The number of rotatable bonds is 6. The molecule has 134 valence electrons. The molecule has 2 N–H and O–H groups in total. The first-order valence-electron chi connectivity index (χ1n) is 8.58. The molecule has 1 fully saturated rings. The van der Waals surface area contributed by atoms with Crippen molar-refractivity contribution >= 4 is 12.0 Å². The summed E-state index contributed by atoms with van der Waals surface area (Å²) in [5.41, 5.74) is -0.969. The standard InChI is InChI=1S/C17H32N2O4/c1-6-17(7-2,12-18-15(21)23-16(3,4)5)19-14(20)13-8-10-22-11-9-13/h13H,6-12H2,1-5H3,(H,18,21)(H,19,20). The van der Waals surface area contributed by atoms with Crippen molar-refractivity contribution in [1.29, 1.82) is 0 Å². The van der Waals surface area contributed by atoms with E-state index in [4.69, 9.17) is 9.47 Å². The molecule has 0 radical (unpaired) electrons. The van der Waals surface area contributed by atoms with E-state index in [0.29, 0.717) is 19.8 Å². The van der Waals surface area contributed by atoms with E-state index in [2.05, 4.69) is 10.6 Å². The molecule has 0 aromatic rings. The Balaban J connectivity index is 2.59. The minimum atomic E-state index is -0.531. The Morgan fingerprint density at radius 3 is 2.17 bits per heavy atom. The van der Waals surface area contributed by atoms with Crippen LogP contribution in [0.3, 0.4) is 0 Å². The summed E-state index contributed by atoms with van der Waals surface area (Å²) in [4.78, 5) is 24.4. The van der Waals surface area contributed by atoms with E-state index in [0.717, 1.165) is 25.7 Å². The third-order valence-electron chi connectivity index (χ3n) is 4.30. The fourth-order valence-electron chi connectivity index (χ4n) is 2.60. The van der Waals surface area contributed by atoms with Crippen molar-refractivity contribution in [1.82, 2.24) is 10.6 Å². The van der Waals surface area contributed by atoms with E-state index in [1.807, 2.05) is 34.6 Å². The topological polar surface area (TPSA) is 76.7 Å². The van der Waals surface area contributed by atoms with Crippen LogP contribution in [0, 0.1) is 5.92 Å².